The summed E-state index contributed by atoms with van der Waals surface area (Å²) >= 11 is 1.34. The molecule has 1 aliphatic rings. The van der Waals surface area contributed by atoms with Gasteiger partial charge in [0.15, 0.2) is 5.17 Å². The van der Waals surface area contributed by atoms with Crippen LogP contribution in [0.2, 0.25) is 0 Å². The van der Waals surface area contributed by atoms with Crippen molar-refractivity contribution in [2.75, 3.05) is 12.4 Å². The van der Waals surface area contributed by atoms with Crippen LogP contribution < -0.4 is 5.32 Å². The molecule has 3 rings (SSSR count). The van der Waals surface area contributed by atoms with Gasteiger partial charge in [0.25, 0.3) is 0 Å². The Bertz CT molecular complexity index is 860. The van der Waals surface area contributed by atoms with E-state index in [1.807, 2.05) is 55.5 Å². The molecule has 1 unspecified atom stereocenters. The smallest absolute Gasteiger partial charge is 0.242 e. The van der Waals surface area contributed by atoms with Gasteiger partial charge < -0.3 is 5.32 Å². The summed E-state index contributed by atoms with van der Waals surface area (Å²) in [6.07, 6.45) is 1.09. The van der Waals surface area contributed by atoms with E-state index < -0.39 is 5.25 Å². The Morgan fingerprint density at radius 1 is 1.15 bits per heavy atom. The van der Waals surface area contributed by atoms with E-state index in [4.69, 9.17) is 0 Å². The minimum absolute atomic E-state index is 0.0945. The van der Waals surface area contributed by atoms with Gasteiger partial charge in [-0.05, 0) is 43.2 Å². The summed E-state index contributed by atoms with van der Waals surface area (Å²) in [5.74, 6) is -0.269. The Labute approximate surface area is 163 Å². The van der Waals surface area contributed by atoms with Gasteiger partial charge in [-0.25, -0.2) is 4.99 Å². The lowest BCUT2D eigenvalue weighted by Gasteiger charge is -2.09. The second kappa shape index (κ2) is 8.39. The predicted octanol–water partition coefficient (Wildman–Crippen LogP) is 4.15. The number of amides is 2. The molecular formula is C21H23N3O2S. The zero-order chi connectivity index (χ0) is 19.4. The van der Waals surface area contributed by atoms with Crippen LogP contribution in [0.5, 0.6) is 0 Å². The van der Waals surface area contributed by atoms with E-state index in [9.17, 15) is 9.59 Å². The van der Waals surface area contributed by atoms with Crippen LogP contribution in [-0.2, 0) is 16.0 Å². The Morgan fingerprint density at radius 2 is 1.81 bits per heavy atom. The maximum atomic E-state index is 12.5. The molecule has 2 aromatic carbocycles. The molecular weight excluding hydrogens is 358 g/mol. The van der Waals surface area contributed by atoms with E-state index in [2.05, 4.69) is 17.2 Å². The predicted molar refractivity (Wildman–Crippen MR) is 111 cm³/mol. The molecule has 0 saturated carbocycles. The van der Waals surface area contributed by atoms with Crippen LogP contribution in [0.1, 0.15) is 24.5 Å². The molecule has 1 fully saturated rings. The van der Waals surface area contributed by atoms with Crippen LogP contribution in [0.3, 0.4) is 0 Å². The highest BCUT2D eigenvalue weighted by molar-refractivity contribution is 8.15. The third-order valence-corrected chi connectivity index (χ3v) is 5.64. The number of nitrogens with one attached hydrogen (secondary N) is 1. The summed E-state index contributed by atoms with van der Waals surface area (Å²) < 4.78 is 0. The SMILES string of the molecule is CCc1ccc(N=C2SC(CC(=O)Nc3ccc(C)cc3)C(=O)N2C)cc1. The molecule has 1 saturated heterocycles. The highest BCUT2D eigenvalue weighted by Crippen LogP contribution is 2.30. The molecule has 1 N–H and O–H groups in total. The molecule has 6 heteroatoms. The highest BCUT2D eigenvalue weighted by atomic mass is 32.2. The number of amidine groups is 1. The van der Waals surface area contributed by atoms with Crippen molar-refractivity contribution in [3.63, 3.8) is 0 Å². The van der Waals surface area contributed by atoms with Crippen LogP contribution in [0.4, 0.5) is 11.4 Å². The van der Waals surface area contributed by atoms with Gasteiger partial charge in [-0.1, -0.05) is 48.5 Å². The molecule has 2 aromatic rings. The van der Waals surface area contributed by atoms with Crippen molar-refractivity contribution < 1.29 is 9.59 Å². The van der Waals surface area contributed by atoms with Crippen LogP contribution >= 0.6 is 11.8 Å². The molecule has 5 nitrogen and oxygen atoms in total. The molecule has 1 aliphatic heterocycles. The van der Waals surface area contributed by atoms with E-state index in [-0.39, 0.29) is 18.2 Å². The van der Waals surface area contributed by atoms with Crippen molar-refractivity contribution in [2.24, 2.45) is 4.99 Å². The van der Waals surface area contributed by atoms with Crippen molar-refractivity contribution in [3.05, 3.63) is 59.7 Å². The quantitative estimate of drug-likeness (QED) is 0.846. The number of aliphatic imine (C=N–C) groups is 1. The normalized spacial score (nSPS) is 18.2. The Balaban J connectivity index is 1.65. The fraction of sp³-hybridized carbons (Fsp3) is 0.286. The Kier molecular flexibility index (Phi) is 5.96. The van der Waals surface area contributed by atoms with E-state index in [1.165, 1.54) is 22.2 Å². The first kappa shape index (κ1) is 19.2. The monoisotopic (exact) mass is 381 g/mol. The number of rotatable bonds is 5. The fourth-order valence-corrected chi connectivity index (χ4v) is 3.89. The fourth-order valence-electron chi connectivity index (χ4n) is 2.73. The zero-order valence-electron chi connectivity index (χ0n) is 15.7. The van der Waals surface area contributed by atoms with E-state index in [0.29, 0.717) is 5.17 Å². The standard InChI is InChI=1S/C21H23N3O2S/c1-4-15-7-11-17(12-8-15)23-21-24(3)20(26)18(27-21)13-19(25)22-16-9-5-14(2)6-10-16/h5-12,18H,4,13H2,1-3H3,(H,22,25). The molecule has 1 heterocycles. The van der Waals surface area contributed by atoms with E-state index >= 15 is 0 Å². The topological polar surface area (TPSA) is 61.8 Å². The van der Waals surface area contributed by atoms with Crippen molar-refractivity contribution in [2.45, 2.75) is 31.9 Å². The van der Waals surface area contributed by atoms with Crippen molar-refractivity contribution in [1.82, 2.24) is 4.90 Å². The number of carbonyl (C=O) groups is 2. The van der Waals surface area contributed by atoms with Crippen LogP contribution in [-0.4, -0.2) is 34.2 Å². The molecule has 0 spiro atoms. The number of aryl methyl sites for hydroxylation is 2. The average Bonchev–Trinajstić information content (AvgIpc) is 2.92. The van der Waals surface area contributed by atoms with E-state index in [0.717, 1.165) is 23.4 Å². The lowest BCUT2D eigenvalue weighted by molar-refractivity contribution is -0.127. The summed E-state index contributed by atoms with van der Waals surface area (Å²) in [7, 11) is 1.70. The summed E-state index contributed by atoms with van der Waals surface area (Å²) in [6, 6.07) is 15.6. The molecule has 0 aromatic heterocycles. The third-order valence-electron chi connectivity index (χ3n) is 4.42. The number of benzene rings is 2. The van der Waals surface area contributed by atoms with Gasteiger partial charge in [-0.3, -0.25) is 14.5 Å². The summed E-state index contributed by atoms with van der Waals surface area (Å²) in [5, 5.41) is 3.02. The first-order valence-corrected chi connectivity index (χ1v) is 9.82. The first-order chi connectivity index (χ1) is 13.0. The van der Waals surface area contributed by atoms with Gasteiger partial charge in [-0.2, -0.15) is 0 Å². The second-order valence-electron chi connectivity index (χ2n) is 6.54. The second-order valence-corrected chi connectivity index (χ2v) is 7.71. The molecule has 2 amide bonds. The van der Waals surface area contributed by atoms with Gasteiger partial charge in [-0.15, -0.1) is 0 Å². The largest absolute Gasteiger partial charge is 0.326 e. The van der Waals surface area contributed by atoms with Crippen LogP contribution in [0.15, 0.2) is 53.5 Å². The Morgan fingerprint density at radius 3 is 2.44 bits per heavy atom. The molecule has 0 bridgehead atoms. The number of nitrogens with zero attached hydrogens (tertiary/aromatic N) is 2. The van der Waals surface area contributed by atoms with Crippen molar-refractivity contribution in [1.29, 1.82) is 0 Å². The molecule has 27 heavy (non-hydrogen) atoms. The number of carbonyl (C=O) groups excluding carboxylic acids is 2. The Hall–Kier alpha value is -2.60. The van der Waals surface area contributed by atoms with Gasteiger partial charge in [0.1, 0.15) is 5.25 Å². The minimum Gasteiger partial charge on any atom is -0.326 e. The maximum absolute atomic E-state index is 12.5. The number of anilines is 1. The zero-order valence-corrected chi connectivity index (χ0v) is 16.5. The summed E-state index contributed by atoms with van der Waals surface area (Å²) in [6.45, 7) is 4.10. The molecule has 0 aliphatic carbocycles. The minimum atomic E-state index is -0.450. The lowest BCUT2D eigenvalue weighted by atomic mass is 10.2. The molecule has 0 radical (unpaired) electrons. The molecule has 140 valence electrons. The van der Waals surface area contributed by atoms with Crippen molar-refractivity contribution in [3.8, 4) is 0 Å². The maximum Gasteiger partial charge on any atom is 0.242 e. The van der Waals surface area contributed by atoms with E-state index in [1.54, 1.807) is 7.05 Å². The van der Waals surface area contributed by atoms with Gasteiger partial charge in [0.2, 0.25) is 11.8 Å². The third kappa shape index (κ3) is 4.77. The summed E-state index contributed by atoms with van der Waals surface area (Å²) in [5.41, 5.74) is 3.91. The van der Waals surface area contributed by atoms with Gasteiger partial charge >= 0.3 is 0 Å². The average molecular weight is 382 g/mol. The van der Waals surface area contributed by atoms with Gasteiger partial charge in [0, 0.05) is 19.2 Å². The molecule has 1 atom stereocenters. The highest BCUT2D eigenvalue weighted by Gasteiger charge is 2.36. The summed E-state index contributed by atoms with van der Waals surface area (Å²) in [4.78, 5) is 30.9. The van der Waals surface area contributed by atoms with Crippen LogP contribution in [0.25, 0.3) is 0 Å². The number of hydrogen-bond acceptors (Lipinski definition) is 4. The number of thioether (sulfide) groups is 1. The lowest BCUT2D eigenvalue weighted by Crippen LogP contribution is -2.30. The van der Waals surface area contributed by atoms with Crippen molar-refractivity contribution >= 4 is 40.1 Å². The van der Waals surface area contributed by atoms with Gasteiger partial charge in [0.05, 0.1) is 5.69 Å². The number of hydrogen-bond donors (Lipinski definition) is 1. The van der Waals surface area contributed by atoms with Crippen LogP contribution in [0, 0.1) is 6.92 Å². The first-order valence-electron chi connectivity index (χ1n) is 8.94.